The first kappa shape index (κ1) is 16.2. The van der Waals surface area contributed by atoms with Crippen LogP contribution in [0.15, 0.2) is 36.5 Å². The Hall–Kier alpha value is -1.94. The number of benzene rings is 1. The minimum Gasteiger partial charge on any atom is -0.341 e. The molecule has 2 saturated heterocycles. The lowest BCUT2D eigenvalue weighted by Gasteiger charge is -2.37. The van der Waals surface area contributed by atoms with Gasteiger partial charge in [-0.1, -0.05) is 37.3 Å². The molecule has 3 atom stereocenters. The van der Waals surface area contributed by atoms with Crippen LogP contribution in [0.1, 0.15) is 55.5 Å². The molecule has 3 aliphatic rings. The Morgan fingerprint density at radius 2 is 2.00 bits per heavy atom. The second-order valence-electron chi connectivity index (χ2n) is 8.37. The molecule has 0 amide bonds. The average molecular weight is 348 g/mol. The largest absolute Gasteiger partial charge is 0.341 e. The number of anilines is 1. The zero-order valence-electron chi connectivity index (χ0n) is 15.6. The molecule has 1 aromatic carbocycles. The molecule has 0 aliphatic carbocycles. The maximum absolute atomic E-state index is 5.04. The van der Waals surface area contributed by atoms with Crippen LogP contribution in [0.4, 0.5) is 5.95 Å². The van der Waals surface area contributed by atoms with Crippen LogP contribution in [0.3, 0.4) is 0 Å². The highest BCUT2D eigenvalue weighted by atomic mass is 15.3. The number of nitrogens with zero attached hydrogens (tertiary/aromatic N) is 4. The molecule has 0 N–H and O–H groups in total. The zero-order chi connectivity index (χ0) is 17.5. The van der Waals surface area contributed by atoms with Crippen LogP contribution in [0, 0.1) is 5.92 Å². The summed E-state index contributed by atoms with van der Waals surface area (Å²) in [5.41, 5.74) is 4.10. The van der Waals surface area contributed by atoms with E-state index in [2.05, 4.69) is 53.3 Å². The Morgan fingerprint density at radius 1 is 1.12 bits per heavy atom. The third-order valence-corrected chi connectivity index (χ3v) is 6.47. The van der Waals surface area contributed by atoms with Gasteiger partial charge >= 0.3 is 0 Å². The fourth-order valence-corrected chi connectivity index (χ4v) is 5.13. The van der Waals surface area contributed by atoms with Crippen molar-refractivity contribution in [3.63, 3.8) is 0 Å². The molecule has 0 saturated carbocycles. The van der Waals surface area contributed by atoms with Crippen molar-refractivity contribution in [2.75, 3.05) is 18.0 Å². The summed E-state index contributed by atoms with van der Waals surface area (Å²) in [5.74, 6) is 1.71. The summed E-state index contributed by atoms with van der Waals surface area (Å²) in [6, 6.07) is 12.0. The normalized spacial score (nSPS) is 28.2. The van der Waals surface area contributed by atoms with E-state index in [1.54, 1.807) is 0 Å². The van der Waals surface area contributed by atoms with Crippen LogP contribution in [-0.2, 0) is 13.0 Å². The van der Waals surface area contributed by atoms with E-state index in [4.69, 9.17) is 9.97 Å². The smallest absolute Gasteiger partial charge is 0.225 e. The maximum Gasteiger partial charge on any atom is 0.225 e. The molecule has 26 heavy (non-hydrogen) atoms. The molecule has 4 heteroatoms. The van der Waals surface area contributed by atoms with Gasteiger partial charge in [-0.25, -0.2) is 9.97 Å². The van der Waals surface area contributed by atoms with Crippen molar-refractivity contribution >= 4 is 5.95 Å². The predicted molar refractivity (Wildman–Crippen MR) is 104 cm³/mol. The van der Waals surface area contributed by atoms with Gasteiger partial charge < -0.3 is 4.90 Å². The summed E-state index contributed by atoms with van der Waals surface area (Å²) < 4.78 is 0. The Morgan fingerprint density at radius 3 is 2.85 bits per heavy atom. The fourth-order valence-electron chi connectivity index (χ4n) is 5.13. The van der Waals surface area contributed by atoms with Gasteiger partial charge in [0.1, 0.15) is 0 Å². The van der Waals surface area contributed by atoms with Gasteiger partial charge in [0, 0.05) is 49.9 Å². The van der Waals surface area contributed by atoms with E-state index in [1.807, 2.05) is 0 Å². The summed E-state index contributed by atoms with van der Waals surface area (Å²) in [5, 5.41) is 0. The number of rotatable bonds is 3. The van der Waals surface area contributed by atoms with Crippen LogP contribution >= 0.6 is 0 Å². The Balaban J connectivity index is 1.39. The molecule has 5 rings (SSSR count). The molecular weight excluding hydrogens is 320 g/mol. The van der Waals surface area contributed by atoms with E-state index in [0.717, 1.165) is 37.9 Å². The first-order chi connectivity index (χ1) is 12.8. The van der Waals surface area contributed by atoms with Crippen LogP contribution < -0.4 is 4.90 Å². The highest BCUT2D eigenvalue weighted by Gasteiger charge is 2.40. The molecule has 2 fully saturated rings. The van der Waals surface area contributed by atoms with Crippen molar-refractivity contribution < 1.29 is 0 Å². The van der Waals surface area contributed by atoms with Gasteiger partial charge in [0.25, 0.3) is 0 Å². The fraction of sp³-hybridized carbons (Fsp3) is 0.545. The first-order valence-electron chi connectivity index (χ1n) is 10.2. The molecule has 0 spiro atoms. The van der Waals surface area contributed by atoms with Crippen molar-refractivity contribution in [3.05, 3.63) is 53.3 Å². The van der Waals surface area contributed by atoms with Gasteiger partial charge in [0.05, 0.1) is 5.69 Å². The number of fused-ring (bicyclic) bond motifs is 4. The second-order valence-corrected chi connectivity index (χ2v) is 8.37. The quantitative estimate of drug-likeness (QED) is 0.840. The average Bonchev–Trinajstić information content (AvgIpc) is 2.94. The predicted octanol–water partition coefficient (Wildman–Crippen LogP) is 3.97. The van der Waals surface area contributed by atoms with E-state index in [9.17, 15) is 0 Å². The van der Waals surface area contributed by atoms with Crippen LogP contribution in [-0.4, -0.2) is 34.0 Å². The summed E-state index contributed by atoms with van der Waals surface area (Å²) in [4.78, 5) is 14.9. The molecule has 4 nitrogen and oxygen atoms in total. The number of piperidine rings is 1. The van der Waals surface area contributed by atoms with E-state index in [-0.39, 0.29) is 0 Å². The van der Waals surface area contributed by atoms with Crippen molar-refractivity contribution in [1.29, 1.82) is 0 Å². The number of aromatic nitrogens is 2. The molecule has 2 bridgehead atoms. The van der Waals surface area contributed by atoms with Gasteiger partial charge in [0.15, 0.2) is 0 Å². The Kier molecular flexibility index (Phi) is 4.16. The highest BCUT2D eigenvalue weighted by Crippen LogP contribution is 2.44. The monoisotopic (exact) mass is 348 g/mol. The number of hydrogen-bond donors (Lipinski definition) is 0. The van der Waals surface area contributed by atoms with Crippen molar-refractivity contribution in [2.24, 2.45) is 5.92 Å². The van der Waals surface area contributed by atoms with Gasteiger partial charge in [-0.3, -0.25) is 4.90 Å². The van der Waals surface area contributed by atoms with Gasteiger partial charge in [-0.05, 0) is 37.2 Å². The maximum atomic E-state index is 5.04. The Labute approximate surface area is 156 Å². The topological polar surface area (TPSA) is 32.3 Å². The minimum absolute atomic E-state index is 0.498. The standard InChI is InChI=1S/C22H28N4/c1-16-6-5-11-25(14-16)22-23-13-19-20(24-22)12-18-9-10-21(19)26(18)15-17-7-3-2-4-8-17/h2-4,7-8,13,16,18,21H,5-6,9-12,14-15H2,1H3. The lowest BCUT2D eigenvalue weighted by molar-refractivity contribution is 0.166. The van der Waals surface area contributed by atoms with Gasteiger partial charge in [-0.2, -0.15) is 0 Å². The third kappa shape index (κ3) is 2.90. The van der Waals surface area contributed by atoms with Crippen molar-refractivity contribution in [2.45, 2.75) is 57.7 Å². The summed E-state index contributed by atoms with van der Waals surface area (Å²) in [6.07, 6.45) is 8.34. The lowest BCUT2D eigenvalue weighted by atomic mass is 9.98. The molecule has 4 heterocycles. The first-order valence-corrected chi connectivity index (χ1v) is 10.2. The number of hydrogen-bond acceptors (Lipinski definition) is 4. The summed E-state index contributed by atoms with van der Waals surface area (Å²) in [6.45, 7) is 5.59. The molecular formula is C22H28N4. The van der Waals surface area contributed by atoms with E-state index >= 15 is 0 Å². The summed E-state index contributed by atoms with van der Waals surface area (Å²) >= 11 is 0. The molecule has 0 radical (unpaired) electrons. The molecule has 1 aromatic heterocycles. The SMILES string of the molecule is CC1CCCN(c2ncc3c(n2)CC2CCC3N2Cc2ccccc2)C1. The lowest BCUT2D eigenvalue weighted by Crippen LogP contribution is -2.39. The zero-order valence-corrected chi connectivity index (χ0v) is 15.6. The van der Waals surface area contributed by atoms with Crippen LogP contribution in [0.25, 0.3) is 0 Å². The van der Waals surface area contributed by atoms with Gasteiger partial charge in [-0.15, -0.1) is 0 Å². The Bertz CT molecular complexity index is 775. The third-order valence-electron chi connectivity index (χ3n) is 6.47. The van der Waals surface area contributed by atoms with E-state index in [0.29, 0.717) is 12.1 Å². The van der Waals surface area contributed by atoms with Gasteiger partial charge in [0.2, 0.25) is 5.95 Å². The van der Waals surface area contributed by atoms with E-state index in [1.165, 1.54) is 42.5 Å². The molecule has 3 aliphatic heterocycles. The minimum atomic E-state index is 0.498. The molecule has 3 unspecified atom stereocenters. The highest BCUT2D eigenvalue weighted by molar-refractivity contribution is 5.38. The van der Waals surface area contributed by atoms with Crippen LogP contribution in [0.2, 0.25) is 0 Å². The summed E-state index contributed by atoms with van der Waals surface area (Å²) in [7, 11) is 0. The van der Waals surface area contributed by atoms with Crippen molar-refractivity contribution in [3.8, 4) is 0 Å². The molecule has 2 aromatic rings. The molecule has 136 valence electrons. The van der Waals surface area contributed by atoms with Crippen LogP contribution in [0.5, 0.6) is 0 Å². The second kappa shape index (κ2) is 6.66. The van der Waals surface area contributed by atoms with E-state index < -0.39 is 0 Å². The van der Waals surface area contributed by atoms with Crippen molar-refractivity contribution in [1.82, 2.24) is 14.9 Å².